The van der Waals surface area contributed by atoms with Crippen LogP contribution in [0.2, 0.25) is 0 Å². The van der Waals surface area contributed by atoms with Crippen molar-refractivity contribution in [3.8, 4) is 17.2 Å². The van der Waals surface area contributed by atoms with Crippen LogP contribution in [0.3, 0.4) is 0 Å². The number of nitrogens with one attached hydrogen (secondary N) is 1. The first-order valence-electron chi connectivity index (χ1n) is 8.97. The number of amides is 1. The molecule has 0 aromatic heterocycles. The zero-order chi connectivity index (χ0) is 18.9. The maximum atomic E-state index is 12.7. The molecule has 0 fully saturated rings. The van der Waals surface area contributed by atoms with Gasteiger partial charge in [-0.15, -0.1) is 0 Å². The molecule has 5 nitrogen and oxygen atoms in total. The van der Waals surface area contributed by atoms with Crippen LogP contribution in [-0.4, -0.2) is 25.7 Å². The van der Waals surface area contributed by atoms with E-state index in [1.54, 1.807) is 24.3 Å². The normalized spacial score (nSPS) is 10.5. The van der Waals surface area contributed by atoms with Gasteiger partial charge in [0.1, 0.15) is 17.2 Å². The lowest BCUT2D eigenvalue weighted by Gasteiger charge is -2.14. The van der Waals surface area contributed by atoms with E-state index in [0.29, 0.717) is 54.2 Å². The van der Waals surface area contributed by atoms with Crippen molar-refractivity contribution >= 4 is 11.6 Å². The number of benzene rings is 2. The highest BCUT2D eigenvalue weighted by Gasteiger charge is 2.12. The summed E-state index contributed by atoms with van der Waals surface area (Å²) >= 11 is 0. The van der Waals surface area contributed by atoms with Gasteiger partial charge in [-0.1, -0.05) is 19.9 Å². The molecule has 140 valence electrons. The van der Waals surface area contributed by atoms with Gasteiger partial charge in [0, 0.05) is 11.6 Å². The summed E-state index contributed by atoms with van der Waals surface area (Å²) in [6.07, 6.45) is 0. The molecule has 2 rings (SSSR count). The maximum Gasteiger partial charge on any atom is 0.255 e. The van der Waals surface area contributed by atoms with E-state index < -0.39 is 0 Å². The molecule has 1 amide bonds. The lowest BCUT2D eigenvalue weighted by Crippen LogP contribution is -2.13. The third-order valence-corrected chi connectivity index (χ3v) is 3.49. The lowest BCUT2D eigenvalue weighted by atomic mass is 10.2. The number of rotatable bonds is 9. The van der Waals surface area contributed by atoms with Gasteiger partial charge in [-0.3, -0.25) is 4.79 Å². The number of carbonyl (C=O) groups is 1. The van der Waals surface area contributed by atoms with E-state index in [9.17, 15) is 4.79 Å². The maximum absolute atomic E-state index is 12.7. The second kappa shape index (κ2) is 9.70. The summed E-state index contributed by atoms with van der Waals surface area (Å²) in [5.41, 5.74) is 1.10. The van der Waals surface area contributed by atoms with E-state index in [1.165, 1.54) is 0 Å². The first kappa shape index (κ1) is 19.6. The molecular formula is C21H27NO4. The molecule has 0 atom stereocenters. The van der Waals surface area contributed by atoms with Crippen LogP contribution in [0.5, 0.6) is 17.2 Å². The van der Waals surface area contributed by atoms with Crippen molar-refractivity contribution in [3.63, 3.8) is 0 Å². The summed E-state index contributed by atoms with van der Waals surface area (Å²) in [6, 6.07) is 12.5. The Morgan fingerprint density at radius 1 is 0.962 bits per heavy atom. The number of anilines is 1. The molecular weight excluding hydrogens is 330 g/mol. The molecule has 0 aliphatic heterocycles. The third-order valence-electron chi connectivity index (χ3n) is 3.49. The van der Waals surface area contributed by atoms with Crippen molar-refractivity contribution in [2.45, 2.75) is 27.7 Å². The number of ether oxygens (including phenoxy) is 3. The number of hydrogen-bond acceptors (Lipinski definition) is 4. The highest BCUT2D eigenvalue weighted by Crippen LogP contribution is 2.30. The molecule has 0 aliphatic carbocycles. The van der Waals surface area contributed by atoms with Gasteiger partial charge in [-0.05, 0) is 50.1 Å². The van der Waals surface area contributed by atoms with E-state index in [-0.39, 0.29) is 5.91 Å². The van der Waals surface area contributed by atoms with Crippen molar-refractivity contribution in [2.75, 3.05) is 25.1 Å². The van der Waals surface area contributed by atoms with Gasteiger partial charge >= 0.3 is 0 Å². The van der Waals surface area contributed by atoms with Crippen LogP contribution < -0.4 is 19.5 Å². The first-order chi connectivity index (χ1) is 12.5. The second-order valence-electron chi connectivity index (χ2n) is 6.21. The molecule has 0 unspecified atom stereocenters. The van der Waals surface area contributed by atoms with Gasteiger partial charge in [0.05, 0.1) is 25.5 Å². The predicted octanol–water partition coefficient (Wildman–Crippen LogP) is 4.77. The molecule has 0 aliphatic rings. The molecule has 0 saturated heterocycles. The summed E-state index contributed by atoms with van der Waals surface area (Å²) < 4.78 is 16.8. The Morgan fingerprint density at radius 2 is 1.69 bits per heavy atom. The third kappa shape index (κ3) is 5.69. The van der Waals surface area contributed by atoms with E-state index in [0.717, 1.165) is 0 Å². The van der Waals surface area contributed by atoms with Gasteiger partial charge in [0.15, 0.2) is 0 Å². The molecule has 0 heterocycles. The fourth-order valence-corrected chi connectivity index (χ4v) is 2.33. The van der Waals surface area contributed by atoms with Crippen LogP contribution in [0.25, 0.3) is 0 Å². The Labute approximate surface area is 155 Å². The van der Waals surface area contributed by atoms with Gasteiger partial charge in [0.2, 0.25) is 0 Å². The van der Waals surface area contributed by atoms with E-state index in [1.807, 2.05) is 32.0 Å². The number of carbonyl (C=O) groups excluding carboxylic acids is 1. The average molecular weight is 357 g/mol. The van der Waals surface area contributed by atoms with Crippen molar-refractivity contribution in [1.29, 1.82) is 0 Å². The van der Waals surface area contributed by atoms with E-state index in [4.69, 9.17) is 14.2 Å². The van der Waals surface area contributed by atoms with Gasteiger partial charge in [0.25, 0.3) is 5.91 Å². The minimum atomic E-state index is -0.227. The van der Waals surface area contributed by atoms with E-state index >= 15 is 0 Å². The lowest BCUT2D eigenvalue weighted by molar-refractivity contribution is 0.102. The van der Waals surface area contributed by atoms with Gasteiger partial charge < -0.3 is 19.5 Å². The minimum Gasteiger partial charge on any atom is -0.494 e. The van der Waals surface area contributed by atoms with Crippen molar-refractivity contribution in [1.82, 2.24) is 0 Å². The van der Waals surface area contributed by atoms with Crippen LogP contribution in [0, 0.1) is 5.92 Å². The summed E-state index contributed by atoms with van der Waals surface area (Å²) in [5.74, 6) is 2.16. The standard InChI is InChI=1S/C21H27NO4/c1-5-24-18-10-11-20(25-6-2)19(13-18)22-21(23)16-8-7-9-17(12-16)26-14-15(3)4/h7-13,15H,5-6,14H2,1-4H3,(H,22,23). The fraction of sp³-hybridized carbons (Fsp3) is 0.381. The largest absolute Gasteiger partial charge is 0.494 e. The van der Waals surface area contributed by atoms with Crippen LogP contribution >= 0.6 is 0 Å². The van der Waals surface area contributed by atoms with Gasteiger partial charge in [-0.2, -0.15) is 0 Å². The van der Waals surface area contributed by atoms with Crippen LogP contribution in [0.1, 0.15) is 38.1 Å². The van der Waals surface area contributed by atoms with Crippen LogP contribution in [0.4, 0.5) is 5.69 Å². The van der Waals surface area contributed by atoms with E-state index in [2.05, 4.69) is 19.2 Å². The SMILES string of the molecule is CCOc1ccc(OCC)c(NC(=O)c2cccc(OCC(C)C)c2)c1. The van der Waals surface area contributed by atoms with Crippen molar-refractivity contribution in [2.24, 2.45) is 5.92 Å². The Balaban J connectivity index is 2.18. The number of hydrogen-bond donors (Lipinski definition) is 1. The minimum absolute atomic E-state index is 0.227. The Morgan fingerprint density at radius 3 is 2.38 bits per heavy atom. The molecule has 1 N–H and O–H groups in total. The zero-order valence-electron chi connectivity index (χ0n) is 15.9. The zero-order valence-corrected chi connectivity index (χ0v) is 15.9. The summed E-state index contributed by atoms with van der Waals surface area (Å²) in [7, 11) is 0. The summed E-state index contributed by atoms with van der Waals surface area (Å²) in [6.45, 7) is 9.64. The summed E-state index contributed by atoms with van der Waals surface area (Å²) in [5, 5.41) is 2.90. The second-order valence-corrected chi connectivity index (χ2v) is 6.21. The smallest absolute Gasteiger partial charge is 0.255 e. The van der Waals surface area contributed by atoms with Gasteiger partial charge in [-0.25, -0.2) is 0 Å². The molecule has 0 bridgehead atoms. The molecule has 2 aromatic rings. The molecule has 26 heavy (non-hydrogen) atoms. The summed E-state index contributed by atoms with van der Waals surface area (Å²) in [4.78, 5) is 12.7. The first-order valence-corrected chi connectivity index (χ1v) is 8.97. The highest BCUT2D eigenvalue weighted by molar-refractivity contribution is 6.05. The fourth-order valence-electron chi connectivity index (χ4n) is 2.33. The highest BCUT2D eigenvalue weighted by atomic mass is 16.5. The Hall–Kier alpha value is -2.69. The monoisotopic (exact) mass is 357 g/mol. The quantitative estimate of drug-likeness (QED) is 0.702. The van der Waals surface area contributed by atoms with Crippen molar-refractivity contribution in [3.05, 3.63) is 48.0 Å². The Bertz CT molecular complexity index is 728. The predicted molar refractivity (Wildman–Crippen MR) is 104 cm³/mol. The Kier molecular flexibility index (Phi) is 7.33. The molecule has 0 saturated carbocycles. The molecule has 0 spiro atoms. The molecule has 5 heteroatoms. The van der Waals surface area contributed by atoms with Crippen molar-refractivity contribution < 1.29 is 19.0 Å². The molecule has 2 aromatic carbocycles. The topological polar surface area (TPSA) is 56.8 Å². The molecule has 0 radical (unpaired) electrons. The average Bonchev–Trinajstić information content (AvgIpc) is 2.63. The van der Waals surface area contributed by atoms with Crippen LogP contribution in [-0.2, 0) is 0 Å². The van der Waals surface area contributed by atoms with Crippen LogP contribution in [0.15, 0.2) is 42.5 Å².